The highest BCUT2D eigenvalue weighted by atomic mass is 16.6. The Morgan fingerprint density at radius 2 is 2.30 bits per heavy atom. The maximum atomic E-state index is 12.0. The summed E-state index contributed by atoms with van der Waals surface area (Å²) in [6, 6.07) is 3.80. The van der Waals surface area contributed by atoms with Gasteiger partial charge < -0.3 is 15.3 Å². The number of aliphatic hydroxyl groups is 1. The minimum Gasteiger partial charge on any atom is -0.395 e. The molecule has 7 nitrogen and oxygen atoms in total. The highest BCUT2D eigenvalue weighted by molar-refractivity contribution is 5.90. The summed E-state index contributed by atoms with van der Waals surface area (Å²) in [5.74, 6) is 0. The van der Waals surface area contributed by atoms with Gasteiger partial charge in [-0.1, -0.05) is 12.1 Å². The number of nitrogens with zero attached hydrogens (tertiary/aromatic N) is 2. The first kappa shape index (κ1) is 15.6. The normalized spacial score (nSPS) is 9.90. The molecule has 0 heterocycles. The lowest BCUT2D eigenvalue weighted by atomic mass is 10.2. The lowest BCUT2D eigenvalue weighted by Crippen LogP contribution is -2.37. The van der Waals surface area contributed by atoms with Gasteiger partial charge in [-0.05, 0) is 12.5 Å². The lowest BCUT2D eigenvalue weighted by molar-refractivity contribution is -0.384. The van der Waals surface area contributed by atoms with Crippen LogP contribution in [0.25, 0.3) is 0 Å². The molecule has 20 heavy (non-hydrogen) atoms. The first-order valence-corrected chi connectivity index (χ1v) is 6.02. The third-order valence-electron chi connectivity index (χ3n) is 2.68. The largest absolute Gasteiger partial charge is 0.395 e. The zero-order chi connectivity index (χ0) is 15.1. The quantitative estimate of drug-likeness (QED) is 0.472. The fourth-order valence-electron chi connectivity index (χ4n) is 1.60. The van der Waals surface area contributed by atoms with Gasteiger partial charge in [-0.2, -0.15) is 0 Å². The molecule has 0 aliphatic carbocycles. The summed E-state index contributed by atoms with van der Waals surface area (Å²) in [5, 5.41) is 22.2. The van der Waals surface area contributed by atoms with Crippen LogP contribution in [0.15, 0.2) is 30.9 Å². The van der Waals surface area contributed by atoms with Crippen LogP contribution in [0.1, 0.15) is 5.56 Å². The van der Waals surface area contributed by atoms with Crippen LogP contribution in [0.3, 0.4) is 0 Å². The molecule has 0 aromatic heterocycles. The average molecular weight is 279 g/mol. The maximum Gasteiger partial charge on any atom is 0.322 e. The number of nitro benzene ring substituents is 1. The number of urea groups is 1. The molecule has 2 amide bonds. The zero-order valence-electron chi connectivity index (χ0n) is 11.2. The van der Waals surface area contributed by atoms with Gasteiger partial charge in [0.15, 0.2) is 0 Å². The molecule has 0 aliphatic rings. The van der Waals surface area contributed by atoms with Crippen molar-refractivity contribution in [1.82, 2.24) is 4.90 Å². The van der Waals surface area contributed by atoms with Crippen molar-refractivity contribution in [2.24, 2.45) is 0 Å². The number of hydrogen-bond acceptors (Lipinski definition) is 4. The van der Waals surface area contributed by atoms with Crippen LogP contribution < -0.4 is 5.32 Å². The van der Waals surface area contributed by atoms with Crippen molar-refractivity contribution in [2.75, 3.05) is 25.0 Å². The molecule has 1 aromatic rings. The Balaban J connectivity index is 2.90. The number of aliphatic hydroxyl groups excluding tert-OH is 1. The molecule has 0 bridgehead atoms. The van der Waals surface area contributed by atoms with Crippen molar-refractivity contribution in [3.05, 3.63) is 46.5 Å². The highest BCUT2D eigenvalue weighted by Crippen LogP contribution is 2.22. The average Bonchev–Trinajstić information content (AvgIpc) is 2.40. The van der Waals surface area contributed by atoms with E-state index < -0.39 is 11.0 Å². The fourth-order valence-corrected chi connectivity index (χ4v) is 1.60. The topological polar surface area (TPSA) is 95.7 Å². The molecule has 0 fully saturated rings. The third kappa shape index (κ3) is 4.06. The van der Waals surface area contributed by atoms with E-state index in [4.69, 9.17) is 5.11 Å². The number of hydrogen-bond donors (Lipinski definition) is 2. The Hall–Kier alpha value is -2.41. The van der Waals surface area contributed by atoms with Crippen molar-refractivity contribution >= 4 is 17.4 Å². The minimum atomic E-state index is -0.523. The number of rotatable bonds is 6. The zero-order valence-corrected chi connectivity index (χ0v) is 11.2. The van der Waals surface area contributed by atoms with E-state index in [2.05, 4.69) is 11.9 Å². The van der Waals surface area contributed by atoms with Gasteiger partial charge in [0.1, 0.15) is 0 Å². The number of nitro groups is 1. The summed E-state index contributed by atoms with van der Waals surface area (Å²) in [4.78, 5) is 23.6. The monoisotopic (exact) mass is 279 g/mol. The number of aryl methyl sites for hydroxylation is 1. The second-order valence-corrected chi connectivity index (χ2v) is 4.14. The second-order valence-electron chi connectivity index (χ2n) is 4.14. The van der Waals surface area contributed by atoms with E-state index in [0.717, 1.165) is 0 Å². The molecular formula is C13H17N3O4. The van der Waals surface area contributed by atoms with Crippen LogP contribution in [0.2, 0.25) is 0 Å². The van der Waals surface area contributed by atoms with Gasteiger partial charge in [-0.3, -0.25) is 10.1 Å². The summed E-state index contributed by atoms with van der Waals surface area (Å²) in [6.07, 6.45) is 1.54. The summed E-state index contributed by atoms with van der Waals surface area (Å²) < 4.78 is 0. The smallest absolute Gasteiger partial charge is 0.322 e. The van der Waals surface area contributed by atoms with E-state index in [1.54, 1.807) is 13.0 Å². The lowest BCUT2D eigenvalue weighted by Gasteiger charge is -2.21. The number of non-ortho nitro benzene ring substituents is 1. The SMILES string of the molecule is C=CCN(CCO)C(=O)Nc1cc([N+](=O)[O-])ccc1C. The van der Waals surface area contributed by atoms with Crippen LogP contribution in [0, 0.1) is 17.0 Å². The molecule has 0 radical (unpaired) electrons. The van der Waals surface area contributed by atoms with E-state index in [9.17, 15) is 14.9 Å². The number of amides is 2. The van der Waals surface area contributed by atoms with Crippen molar-refractivity contribution in [2.45, 2.75) is 6.92 Å². The summed E-state index contributed by atoms with van der Waals surface area (Å²) in [7, 11) is 0. The maximum absolute atomic E-state index is 12.0. The Morgan fingerprint density at radius 3 is 2.85 bits per heavy atom. The molecule has 1 rings (SSSR count). The van der Waals surface area contributed by atoms with Crippen LogP contribution in [0.5, 0.6) is 0 Å². The number of anilines is 1. The van der Waals surface area contributed by atoms with Gasteiger partial charge in [0.25, 0.3) is 5.69 Å². The van der Waals surface area contributed by atoms with E-state index in [0.29, 0.717) is 11.3 Å². The van der Waals surface area contributed by atoms with E-state index in [1.807, 2.05) is 0 Å². The molecule has 1 aromatic carbocycles. The standard InChI is InChI=1S/C13H17N3O4/c1-3-6-15(7-8-17)13(18)14-12-9-11(16(19)20)5-4-10(12)2/h3-5,9,17H,1,6-8H2,2H3,(H,14,18). The first-order chi connectivity index (χ1) is 9.49. The van der Waals surface area contributed by atoms with Crippen molar-refractivity contribution in [3.63, 3.8) is 0 Å². The summed E-state index contributed by atoms with van der Waals surface area (Å²) in [6.45, 7) is 5.54. The van der Waals surface area contributed by atoms with Crippen molar-refractivity contribution in [1.29, 1.82) is 0 Å². The van der Waals surface area contributed by atoms with Gasteiger partial charge in [0.2, 0.25) is 0 Å². The molecule has 0 unspecified atom stereocenters. The third-order valence-corrected chi connectivity index (χ3v) is 2.68. The number of benzene rings is 1. The van der Waals surface area contributed by atoms with E-state index in [-0.39, 0.29) is 25.4 Å². The number of nitrogens with one attached hydrogen (secondary N) is 1. The molecule has 2 N–H and O–H groups in total. The van der Waals surface area contributed by atoms with Gasteiger partial charge in [0.05, 0.1) is 17.2 Å². The second kappa shape index (κ2) is 7.25. The predicted octanol–water partition coefficient (Wildman–Crippen LogP) is 1.92. The molecule has 108 valence electrons. The molecular weight excluding hydrogens is 262 g/mol. The molecule has 7 heteroatoms. The molecule has 0 atom stereocenters. The van der Waals surface area contributed by atoms with Gasteiger partial charge in [-0.25, -0.2) is 4.79 Å². The van der Waals surface area contributed by atoms with Crippen LogP contribution in [-0.4, -0.2) is 40.7 Å². The summed E-state index contributed by atoms with van der Waals surface area (Å²) in [5.41, 5.74) is 0.992. The Kier molecular flexibility index (Phi) is 5.67. The van der Waals surface area contributed by atoms with Crippen molar-refractivity contribution in [3.8, 4) is 0 Å². The predicted molar refractivity (Wildman–Crippen MR) is 75.7 cm³/mol. The highest BCUT2D eigenvalue weighted by Gasteiger charge is 2.15. The van der Waals surface area contributed by atoms with E-state index >= 15 is 0 Å². The van der Waals surface area contributed by atoms with Crippen LogP contribution >= 0.6 is 0 Å². The Labute approximate surface area is 116 Å². The van der Waals surface area contributed by atoms with Crippen LogP contribution in [0.4, 0.5) is 16.2 Å². The number of carbonyl (C=O) groups is 1. The summed E-state index contributed by atoms with van der Waals surface area (Å²) >= 11 is 0. The first-order valence-electron chi connectivity index (χ1n) is 6.02. The van der Waals surface area contributed by atoms with E-state index in [1.165, 1.54) is 23.1 Å². The van der Waals surface area contributed by atoms with Crippen molar-refractivity contribution < 1.29 is 14.8 Å². The van der Waals surface area contributed by atoms with Gasteiger partial charge >= 0.3 is 6.03 Å². The van der Waals surface area contributed by atoms with Gasteiger partial charge in [0, 0.05) is 25.2 Å². The molecule has 0 saturated carbocycles. The molecule has 0 spiro atoms. The molecule has 0 aliphatic heterocycles. The fraction of sp³-hybridized carbons (Fsp3) is 0.308. The minimum absolute atomic E-state index is 0.0941. The Bertz CT molecular complexity index is 516. The Morgan fingerprint density at radius 1 is 1.60 bits per heavy atom. The molecule has 0 saturated heterocycles. The van der Waals surface area contributed by atoms with Crippen LogP contribution in [-0.2, 0) is 0 Å². The van der Waals surface area contributed by atoms with Gasteiger partial charge in [-0.15, -0.1) is 6.58 Å². The number of carbonyl (C=O) groups excluding carboxylic acids is 1.